The van der Waals surface area contributed by atoms with Crippen molar-refractivity contribution in [3.05, 3.63) is 80.8 Å². The van der Waals surface area contributed by atoms with Gasteiger partial charge in [-0.2, -0.15) is 15.0 Å². The summed E-state index contributed by atoms with van der Waals surface area (Å²) in [6, 6.07) is 17.6. The van der Waals surface area contributed by atoms with Gasteiger partial charge in [0.1, 0.15) is 5.52 Å². The van der Waals surface area contributed by atoms with Crippen LogP contribution >= 0.6 is 58.2 Å². The molecule has 2 N–H and O–H groups in total. The second-order valence-electron chi connectivity index (χ2n) is 6.81. The van der Waals surface area contributed by atoms with E-state index in [4.69, 9.17) is 50.8 Å². The molecule has 12 heteroatoms. The molecule has 0 fully saturated rings. The summed E-state index contributed by atoms with van der Waals surface area (Å²) in [5.74, 6) is 0.482. The van der Waals surface area contributed by atoms with Crippen molar-refractivity contribution >= 4 is 92.5 Å². The molecule has 0 amide bonds. The fraction of sp³-hybridized carbons (Fsp3) is 0. The number of nitrogens with one attached hydrogen (secondary N) is 2. The third-order valence-corrected chi connectivity index (χ3v) is 6.23. The summed E-state index contributed by atoms with van der Waals surface area (Å²) >= 11 is 25.8. The van der Waals surface area contributed by atoms with Crippen molar-refractivity contribution in [3.63, 3.8) is 0 Å². The number of nitrogens with zero attached hydrogens (tertiary/aromatic N) is 4. The highest BCUT2D eigenvalue weighted by atomic mass is 35.5. The van der Waals surface area contributed by atoms with Gasteiger partial charge >= 0.3 is 0 Å². The number of para-hydroxylation sites is 2. The van der Waals surface area contributed by atoms with Gasteiger partial charge < -0.3 is 15.1 Å². The Morgan fingerprint density at radius 2 is 1.26 bits per heavy atom. The SMILES string of the molecule is Clc1ccc(Nc2nc(Nc3ccc(Cl)cc3Cl)nc(Sc3nc4ccccc4o3)n2)c(Cl)c1. The maximum absolute atomic E-state index is 6.31. The molecule has 7 nitrogen and oxygen atoms in total. The van der Waals surface area contributed by atoms with E-state index in [-0.39, 0.29) is 11.9 Å². The summed E-state index contributed by atoms with van der Waals surface area (Å²) in [4.78, 5) is 17.9. The Hall–Kier alpha value is -2.75. The Kier molecular flexibility index (Phi) is 6.67. The fourth-order valence-corrected chi connectivity index (χ4v) is 4.52. The van der Waals surface area contributed by atoms with E-state index in [1.807, 2.05) is 24.3 Å². The molecule has 0 saturated carbocycles. The molecule has 2 aromatic heterocycles. The normalized spacial score (nSPS) is 11.1. The number of aromatic nitrogens is 4. The molecule has 0 aliphatic carbocycles. The van der Waals surface area contributed by atoms with E-state index >= 15 is 0 Å². The lowest BCUT2D eigenvalue weighted by Crippen LogP contribution is -2.05. The van der Waals surface area contributed by atoms with Crippen LogP contribution in [0.5, 0.6) is 0 Å². The number of fused-ring (bicyclic) bond motifs is 1. The number of benzene rings is 3. The minimum absolute atomic E-state index is 0.241. The van der Waals surface area contributed by atoms with Crippen LogP contribution in [-0.4, -0.2) is 19.9 Å². The van der Waals surface area contributed by atoms with Crippen LogP contribution in [0.15, 0.2) is 75.5 Å². The standard InChI is InChI=1S/C22H12Cl4N6OS/c23-11-5-7-15(13(25)9-11)27-19-30-20(28-16-8-6-12(24)10-14(16)26)32-21(31-19)34-22-29-17-3-1-2-4-18(17)33-22/h1-10H,(H2,27,28,30,31,32). The van der Waals surface area contributed by atoms with E-state index in [0.717, 1.165) is 17.3 Å². The van der Waals surface area contributed by atoms with Gasteiger partial charge in [-0.25, -0.2) is 4.98 Å². The summed E-state index contributed by atoms with van der Waals surface area (Å²) in [5.41, 5.74) is 2.55. The van der Waals surface area contributed by atoms with Crippen LogP contribution in [0.2, 0.25) is 20.1 Å². The maximum atomic E-state index is 6.31. The number of halogens is 4. The number of anilines is 4. The lowest BCUT2D eigenvalue weighted by atomic mass is 10.3. The Morgan fingerprint density at radius 1 is 0.676 bits per heavy atom. The largest absolute Gasteiger partial charge is 0.431 e. The second-order valence-corrected chi connectivity index (χ2v) is 9.42. The van der Waals surface area contributed by atoms with Crippen molar-refractivity contribution in [2.45, 2.75) is 10.4 Å². The van der Waals surface area contributed by atoms with Crippen molar-refractivity contribution < 1.29 is 4.42 Å². The first-order valence-electron chi connectivity index (χ1n) is 9.66. The van der Waals surface area contributed by atoms with Crippen LogP contribution in [-0.2, 0) is 0 Å². The molecule has 0 spiro atoms. The van der Waals surface area contributed by atoms with Gasteiger partial charge in [0.2, 0.25) is 17.1 Å². The number of hydrogen-bond acceptors (Lipinski definition) is 8. The minimum atomic E-state index is 0.241. The van der Waals surface area contributed by atoms with Crippen LogP contribution in [0.25, 0.3) is 11.1 Å². The molecule has 0 aliphatic rings. The van der Waals surface area contributed by atoms with Gasteiger partial charge in [-0.15, -0.1) is 0 Å². The molecule has 0 unspecified atom stereocenters. The molecule has 0 aliphatic heterocycles. The highest BCUT2D eigenvalue weighted by Gasteiger charge is 2.15. The van der Waals surface area contributed by atoms with Gasteiger partial charge in [0.25, 0.3) is 5.22 Å². The third kappa shape index (κ3) is 5.32. The van der Waals surface area contributed by atoms with Gasteiger partial charge in [0, 0.05) is 21.8 Å². The van der Waals surface area contributed by atoms with Crippen molar-refractivity contribution in [2.75, 3.05) is 10.6 Å². The van der Waals surface area contributed by atoms with Gasteiger partial charge in [0.05, 0.1) is 21.4 Å². The minimum Gasteiger partial charge on any atom is -0.431 e. The van der Waals surface area contributed by atoms with E-state index in [1.165, 1.54) is 0 Å². The zero-order valence-corrected chi connectivity index (χ0v) is 20.7. The number of oxazole rings is 1. The van der Waals surface area contributed by atoms with Crippen molar-refractivity contribution in [1.82, 2.24) is 19.9 Å². The first-order chi connectivity index (χ1) is 16.4. The predicted octanol–water partition coefficient (Wildman–Crippen LogP) is 8.26. The van der Waals surface area contributed by atoms with Crippen LogP contribution < -0.4 is 10.6 Å². The summed E-state index contributed by atoms with van der Waals surface area (Å²) in [6.07, 6.45) is 0. The zero-order chi connectivity index (χ0) is 23.7. The molecule has 0 bridgehead atoms. The van der Waals surface area contributed by atoms with Crippen molar-refractivity contribution in [1.29, 1.82) is 0 Å². The van der Waals surface area contributed by atoms with E-state index < -0.39 is 0 Å². The maximum Gasteiger partial charge on any atom is 0.264 e. The Balaban J connectivity index is 1.50. The molecule has 0 saturated heterocycles. The summed E-state index contributed by atoms with van der Waals surface area (Å²) in [5, 5.41) is 8.75. The summed E-state index contributed by atoms with van der Waals surface area (Å²) in [6.45, 7) is 0. The Morgan fingerprint density at radius 3 is 1.82 bits per heavy atom. The topological polar surface area (TPSA) is 88.8 Å². The molecule has 170 valence electrons. The molecule has 3 aromatic carbocycles. The zero-order valence-electron chi connectivity index (χ0n) is 16.9. The number of rotatable bonds is 6. The molecule has 2 heterocycles. The lowest BCUT2D eigenvalue weighted by Gasteiger charge is -2.11. The monoisotopic (exact) mass is 548 g/mol. The third-order valence-electron chi connectivity index (χ3n) is 4.42. The Labute approximate surface area is 217 Å². The van der Waals surface area contributed by atoms with E-state index in [1.54, 1.807) is 36.4 Å². The number of hydrogen-bond donors (Lipinski definition) is 2. The predicted molar refractivity (Wildman–Crippen MR) is 137 cm³/mol. The first-order valence-corrected chi connectivity index (χ1v) is 12.0. The van der Waals surface area contributed by atoms with Crippen LogP contribution in [0.4, 0.5) is 23.3 Å². The van der Waals surface area contributed by atoms with Gasteiger partial charge in [0.15, 0.2) is 5.58 Å². The van der Waals surface area contributed by atoms with E-state index in [9.17, 15) is 0 Å². The highest BCUT2D eigenvalue weighted by Crippen LogP contribution is 2.32. The van der Waals surface area contributed by atoms with Crippen LogP contribution in [0, 0.1) is 0 Å². The van der Waals surface area contributed by atoms with Crippen molar-refractivity contribution in [2.24, 2.45) is 0 Å². The van der Waals surface area contributed by atoms with Gasteiger partial charge in [-0.1, -0.05) is 58.5 Å². The van der Waals surface area contributed by atoms with Crippen LogP contribution in [0.1, 0.15) is 0 Å². The molecule has 0 atom stereocenters. The highest BCUT2D eigenvalue weighted by molar-refractivity contribution is 7.99. The first kappa shape index (κ1) is 23.0. The fourth-order valence-electron chi connectivity index (χ4n) is 2.91. The molecule has 34 heavy (non-hydrogen) atoms. The van der Waals surface area contributed by atoms with Crippen molar-refractivity contribution in [3.8, 4) is 0 Å². The van der Waals surface area contributed by atoms with E-state index in [2.05, 4.69) is 30.6 Å². The van der Waals surface area contributed by atoms with E-state index in [0.29, 0.717) is 47.4 Å². The van der Waals surface area contributed by atoms with Crippen LogP contribution in [0.3, 0.4) is 0 Å². The summed E-state index contributed by atoms with van der Waals surface area (Å²) < 4.78 is 5.79. The molecular weight excluding hydrogens is 538 g/mol. The van der Waals surface area contributed by atoms with Gasteiger partial charge in [-0.05, 0) is 48.5 Å². The molecule has 5 rings (SSSR count). The average molecular weight is 550 g/mol. The lowest BCUT2D eigenvalue weighted by molar-refractivity contribution is 0.488. The molecule has 5 aromatic rings. The summed E-state index contributed by atoms with van der Waals surface area (Å²) in [7, 11) is 0. The molecule has 0 radical (unpaired) electrons. The van der Waals surface area contributed by atoms with Gasteiger partial charge in [-0.3, -0.25) is 0 Å². The quantitative estimate of drug-likeness (QED) is 0.219. The average Bonchev–Trinajstić information content (AvgIpc) is 3.20. The molecular formula is C22H12Cl4N6OS. The smallest absolute Gasteiger partial charge is 0.264 e. The Bertz CT molecular complexity index is 1410. The second kappa shape index (κ2) is 9.85.